The fourth-order valence-corrected chi connectivity index (χ4v) is 20.7. The number of hydrogen-bond acceptors (Lipinski definition) is 20. The molecule has 0 aromatic heterocycles. The largest absolute Gasteiger partial charge is 0.493 e. The lowest BCUT2D eigenvalue weighted by atomic mass is 9.70. The molecule has 6 aromatic carbocycles. The molecule has 2 aliphatic heterocycles. The van der Waals surface area contributed by atoms with E-state index in [0.717, 1.165) is 158 Å². The van der Waals surface area contributed by atoms with E-state index < -0.39 is 5.41 Å². The minimum absolute atomic E-state index is 0.131. The predicted octanol–water partition coefficient (Wildman–Crippen LogP) is 17.6. The van der Waals surface area contributed by atoms with Gasteiger partial charge in [0.1, 0.15) is 7.11 Å². The maximum Gasteiger partial charge on any atom is 0.182 e. The average molecular weight is 1570 g/mol. The second kappa shape index (κ2) is 32.9. The van der Waals surface area contributed by atoms with Crippen LogP contribution in [0.15, 0.2) is 44.7 Å². The number of fused-ring (bicyclic) bond motifs is 12. The molecule has 0 bridgehead atoms. The lowest BCUT2D eigenvalue weighted by molar-refractivity contribution is 0.144. The van der Waals surface area contributed by atoms with E-state index in [1.165, 1.54) is 50.1 Å². The number of nitrogens with zero attached hydrogens (tertiary/aromatic N) is 8. The normalized spacial score (nSPS) is 18.9. The van der Waals surface area contributed by atoms with Crippen LogP contribution in [-0.4, -0.2) is 155 Å². The van der Waals surface area contributed by atoms with E-state index in [-0.39, 0.29) is 50.2 Å². The van der Waals surface area contributed by atoms with Crippen molar-refractivity contribution in [2.75, 3.05) is 102 Å². The number of methoxy groups -OCH3 is 4. The van der Waals surface area contributed by atoms with Crippen molar-refractivity contribution in [2.45, 2.75) is 236 Å². The molecule has 0 fully saturated rings. The summed E-state index contributed by atoms with van der Waals surface area (Å²) in [5, 5.41) is 31.1. The molecule has 2 spiro atoms. The van der Waals surface area contributed by atoms with E-state index in [1.54, 1.807) is 49.7 Å². The Hall–Kier alpha value is -9.00. The summed E-state index contributed by atoms with van der Waals surface area (Å²) in [4.78, 5) is 25.3. The van der Waals surface area contributed by atoms with Gasteiger partial charge in [0.2, 0.25) is 0 Å². The summed E-state index contributed by atoms with van der Waals surface area (Å²) in [6.45, 7) is 56.4. The molecule has 2 unspecified atom stereocenters. The first-order chi connectivity index (χ1) is 54.1. The predicted molar refractivity (Wildman–Crippen MR) is 454 cm³/mol. The number of hydrogen-bond donors (Lipinski definition) is 5. The number of benzene rings is 6. The summed E-state index contributed by atoms with van der Waals surface area (Å²) in [5.41, 5.74) is 35.5. The molecule has 0 radical (unpaired) electrons. The molecule has 2 atom stereocenters. The SMILES string of the molecule is CC/C(=N\OC)c1c(C)c(C)c(C(=NC)NOC)c2c1Oc1c(cc3c(c1CN(CC)CC)C1(CC(C)(C)c4cc(OC)c(OC)c(CN(CC)CC)c41)CC3(C)C)O2.CCN(CC)Cc1c(OC)c(OC)cc2c1C1(CC2(C)C)CC(C)(C)c2cc3c(c(CN(CC)CC)c21)Oc1c(c(/C(N)=N/O)c(C)c(C)c1/C(N)=N/O)O3. The van der Waals surface area contributed by atoms with Gasteiger partial charge in [0, 0.05) is 71.9 Å². The molecular formula is C91H129N11O12. The van der Waals surface area contributed by atoms with Crippen molar-refractivity contribution in [1.82, 2.24) is 25.1 Å². The first-order valence-electron chi connectivity index (χ1n) is 40.9. The van der Waals surface area contributed by atoms with Gasteiger partial charge >= 0.3 is 0 Å². The zero-order valence-electron chi connectivity index (χ0n) is 73.5. The van der Waals surface area contributed by atoms with Gasteiger partial charge < -0.3 is 64.6 Å². The summed E-state index contributed by atoms with van der Waals surface area (Å²) in [6, 6.07) is 8.89. The molecule has 0 saturated heterocycles. The third-order valence-electron chi connectivity index (χ3n) is 26.1. The smallest absolute Gasteiger partial charge is 0.182 e. The van der Waals surface area contributed by atoms with Gasteiger partial charge in [-0.15, -0.1) is 0 Å². The van der Waals surface area contributed by atoms with Gasteiger partial charge in [0.15, 0.2) is 86.5 Å². The van der Waals surface area contributed by atoms with E-state index in [1.807, 2.05) is 13.8 Å². The molecule has 2 heterocycles. The molecule has 6 aliphatic rings. The monoisotopic (exact) mass is 1570 g/mol. The van der Waals surface area contributed by atoms with Crippen molar-refractivity contribution in [3.8, 4) is 69.0 Å². The first kappa shape index (κ1) is 85.9. The number of rotatable bonds is 27. The Morgan fingerprint density at radius 1 is 0.430 bits per heavy atom. The Morgan fingerprint density at radius 2 is 0.737 bits per heavy atom. The average Bonchev–Trinajstić information content (AvgIpc) is 1.51. The molecule has 6 aromatic rings. The highest BCUT2D eigenvalue weighted by molar-refractivity contribution is 6.11. The van der Waals surface area contributed by atoms with Crippen molar-refractivity contribution in [2.24, 2.45) is 31.9 Å². The van der Waals surface area contributed by atoms with Crippen LogP contribution in [0.4, 0.5) is 0 Å². The number of ether oxygens (including phenoxy) is 8. The number of oxime groups is 3. The topological polar surface area (TPSA) is 259 Å². The third-order valence-corrected chi connectivity index (χ3v) is 26.1. The number of nitrogens with one attached hydrogen (secondary N) is 1. The van der Waals surface area contributed by atoms with Gasteiger partial charge in [-0.3, -0.25) is 29.4 Å². The van der Waals surface area contributed by atoms with Gasteiger partial charge in [-0.1, -0.05) is 133 Å². The van der Waals surface area contributed by atoms with Gasteiger partial charge in [-0.05, 0) is 225 Å². The van der Waals surface area contributed by atoms with Gasteiger partial charge in [-0.25, -0.2) is 5.48 Å². The molecule has 620 valence electrons. The van der Waals surface area contributed by atoms with Gasteiger partial charge in [0.25, 0.3) is 0 Å². The Bertz CT molecular complexity index is 4830. The summed E-state index contributed by atoms with van der Waals surface area (Å²) < 4.78 is 53.5. The Kier molecular flexibility index (Phi) is 24.8. The molecule has 4 aliphatic carbocycles. The number of amidine groups is 3. The highest BCUT2D eigenvalue weighted by Crippen LogP contribution is 2.71. The van der Waals surface area contributed by atoms with E-state index >= 15 is 0 Å². The van der Waals surface area contributed by atoms with Crippen LogP contribution in [0.5, 0.6) is 69.0 Å². The van der Waals surface area contributed by atoms with Gasteiger partial charge in [-0.2, -0.15) is 0 Å². The van der Waals surface area contributed by atoms with E-state index in [2.05, 4.69) is 201 Å². The Balaban J connectivity index is 0.000000225. The maximum atomic E-state index is 9.98. The van der Waals surface area contributed by atoms with Gasteiger partial charge in [0.05, 0.1) is 58.0 Å². The molecule has 7 N–H and O–H groups in total. The number of hydroxylamine groups is 1. The zero-order valence-corrected chi connectivity index (χ0v) is 73.5. The lowest BCUT2D eigenvalue weighted by Crippen LogP contribution is -2.32. The Morgan fingerprint density at radius 3 is 1.04 bits per heavy atom. The van der Waals surface area contributed by atoms with Crippen molar-refractivity contribution < 1.29 is 58.0 Å². The summed E-state index contributed by atoms with van der Waals surface area (Å²) in [6.07, 6.45) is 4.21. The summed E-state index contributed by atoms with van der Waals surface area (Å²) in [7, 11) is 11.9. The molecule has 114 heavy (non-hydrogen) atoms. The van der Waals surface area contributed by atoms with Crippen molar-refractivity contribution in [3.05, 3.63) is 136 Å². The van der Waals surface area contributed by atoms with Crippen molar-refractivity contribution >= 4 is 23.2 Å². The molecule has 23 heteroatoms. The quantitative estimate of drug-likeness (QED) is 0.0139. The summed E-state index contributed by atoms with van der Waals surface area (Å²) in [5.74, 6) is 7.63. The van der Waals surface area contributed by atoms with Crippen LogP contribution in [-0.2, 0) is 68.3 Å². The van der Waals surface area contributed by atoms with Crippen LogP contribution in [0.2, 0.25) is 0 Å². The number of nitrogens with two attached hydrogens (primary N) is 2. The van der Waals surface area contributed by atoms with Crippen molar-refractivity contribution in [1.29, 1.82) is 0 Å². The van der Waals surface area contributed by atoms with E-state index in [9.17, 15) is 10.4 Å². The van der Waals surface area contributed by atoms with Crippen LogP contribution in [0.1, 0.15) is 261 Å². The first-order valence-corrected chi connectivity index (χ1v) is 40.9. The zero-order chi connectivity index (χ0) is 83.5. The van der Waals surface area contributed by atoms with Crippen molar-refractivity contribution in [3.63, 3.8) is 0 Å². The molecular weight excluding hydrogens is 1440 g/mol. The fraction of sp³-hybridized carbons (Fsp3) is 0.560. The van der Waals surface area contributed by atoms with Crippen LogP contribution >= 0.6 is 0 Å². The summed E-state index contributed by atoms with van der Waals surface area (Å²) >= 11 is 0. The van der Waals surface area contributed by atoms with E-state index in [0.29, 0.717) is 82.9 Å². The maximum absolute atomic E-state index is 9.98. The second-order valence-electron chi connectivity index (χ2n) is 34.1. The molecule has 23 nitrogen and oxygen atoms in total. The minimum atomic E-state index is -0.419. The van der Waals surface area contributed by atoms with Crippen LogP contribution in [0.25, 0.3) is 0 Å². The fourth-order valence-electron chi connectivity index (χ4n) is 20.7. The van der Waals surface area contributed by atoms with E-state index in [4.69, 9.17) is 59.0 Å². The Labute approximate surface area is 677 Å². The highest BCUT2D eigenvalue weighted by atomic mass is 16.6. The molecule has 0 saturated carbocycles. The van der Waals surface area contributed by atoms with Crippen LogP contribution in [0, 0.1) is 27.7 Å². The lowest BCUT2D eigenvalue weighted by Gasteiger charge is -2.36. The second-order valence-corrected chi connectivity index (χ2v) is 34.1. The molecule has 12 rings (SSSR count). The minimum Gasteiger partial charge on any atom is -0.493 e. The van der Waals surface area contributed by atoms with Crippen LogP contribution in [0.3, 0.4) is 0 Å². The standard InChI is InChI=1S/C48H69N5O6.C43H60N6O6/c1-17-34(50-56-15)37-28(6)29(7)38(45(49-12)51-57-16)44-43(37)59-42-31(25-53(20-4)21-5)40-33(23-36(42)58-44)47(10,11)27-48(40)26-46(8,9)32-22-35(54-13)41(55-14)30(39(32)48)24-52(18-2)19-3;1-13-48(14-2)19-25-33-27(17-29(52-11)35(25)53-12)41(7,8)21-43(33)22-42(9,10)28-18-30-36(26(34(28)43)20-49(15-3)16-4)55-38-32(40(45)47-51)24(6)23(5)31(37(38)54-30)39(44)46-50/h22-23H,17-21,24-27H2,1-16H3,(H,49,51);17-18,50-51H,13-16,19-22H2,1-12H3,(H2,44,46)(H2,45,47)/b50-34+;. The molecule has 0 amide bonds. The third kappa shape index (κ3) is 14.0. The number of aliphatic imine (C=N–C) groups is 1. The highest BCUT2D eigenvalue weighted by Gasteiger charge is 2.62. The van der Waals surface area contributed by atoms with Crippen LogP contribution < -0.4 is 54.8 Å².